The summed E-state index contributed by atoms with van der Waals surface area (Å²) in [6.45, 7) is 6.73. The third-order valence-corrected chi connectivity index (χ3v) is 7.00. The van der Waals surface area contributed by atoms with Gasteiger partial charge in [0.15, 0.2) is 0 Å². The number of rotatable bonds is 14. The Morgan fingerprint density at radius 3 is 2.36 bits per heavy atom. The normalized spacial score (nSPS) is 12.0. The summed E-state index contributed by atoms with van der Waals surface area (Å²) < 4.78 is 32.0. The number of nitrogens with one attached hydrogen (secondary N) is 1. The molecule has 36 heavy (non-hydrogen) atoms. The fraction of sp³-hybridized carbons (Fsp3) is 0.462. The number of hydrogen-bond acceptors (Lipinski definition) is 5. The maximum absolute atomic E-state index is 13.3. The smallest absolute Gasteiger partial charge is 0.242 e. The summed E-state index contributed by atoms with van der Waals surface area (Å²) in [6, 6.07) is 13.3. The van der Waals surface area contributed by atoms with Gasteiger partial charge in [-0.1, -0.05) is 42.8 Å². The monoisotopic (exact) mass is 537 g/mol. The van der Waals surface area contributed by atoms with E-state index in [4.69, 9.17) is 16.3 Å². The topological polar surface area (TPSA) is 96.0 Å². The van der Waals surface area contributed by atoms with Crippen molar-refractivity contribution in [2.24, 2.45) is 0 Å². The first-order valence-electron chi connectivity index (χ1n) is 12.1. The van der Waals surface area contributed by atoms with Crippen LogP contribution in [-0.2, 0) is 26.2 Å². The number of ether oxygens (including phenoxy) is 1. The van der Waals surface area contributed by atoms with Crippen LogP contribution < -0.4 is 14.4 Å². The van der Waals surface area contributed by atoms with Gasteiger partial charge in [0, 0.05) is 31.1 Å². The maximum atomic E-state index is 13.3. The molecular weight excluding hydrogens is 502 g/mol. The summed E-state index contributed by atoms with van der Waals surface area (Å²) in [5.74, 6) is -0.0134. The van der Waals surface area contributed by atoms with Gasteiger partial charge >= 0.3 is 0 Å². The molecule has 0 fully saturated rings. The number of nitrogens with zero attached hydrogens (tertiary/aromatic N) is 2. The van der Waals surface area contributed by atoms with Gasteiger partial charge in [-0.2, -0.15) is 0 Å². The van der Waals surface area contributed by atoms with E-state index in [9.17, 15) is 18.0 Å². The molecule has 0 bridgehead atoms. The Morgan fingerprint density at radius 2 is 1.75 bits per heavy atom. The molecule has 0 aliphatic carbocycles. The molecule has 2 amide bonds. The van der Waals surface area contributed by atoms with Gasteiger partial charge in [0.25, 0.3) is 0 Å². The van der Waals surface area contributed by atoms with E-state index in [1.807, 2.05) is 26.0 Å². The highest BCUT2D eigenvalue weighted by molar-refractivity contribution is 7.92. The number of para-hydroxylation sites is 2. The molecule has 8 nitrogen and oxygen atoms in total. The van der Waals surface area contributed by atoms with Crippen molar-refractivity contribution in [1.29, 1.82) is 0 Å². The highest BCUT2D eigenvalue weighted by Gasteiger charge is 2.27. The summed E-state index contributed by atoms with van der Waals surface area (Å²) in [5, 5.41) is 3.42. The number of halogens is 1. The number of hydrogen-bond donors (Lipinski definition) is 1. The minimum atomic E-state index is -3.62. The Balaban J connectivity index is 2.18. The van der Waals surface area contributed by atoms with Gasteiger partial charge in [-0.15, -0.1) is 0 Å². The summed E-state index contributed by atoms with van der Waals surface area (Å²) in [7, 11) is -3.62. The van der Waals surface area contributed by atoms with Crippen molar-refractivity contribution in [1.82, 2.24) is 10.2 Å². The molecule has 10 heteroatoms. The first-order chi connectivity index (χ1) is 17.1. The highest BCUT2D eigenvalue weighted by Crippen LogP contribution is 2.30. The van der Waals surface area contributed by atoms with Crippen molar-refractivity contribution in [3.63, 3.8) is 0 Å². The molecule has 0 aromatic heterocycles. The van der Waals surface area contributed by atoms with Gasteiger partial charge in [0.1, 0.15) is 11.8 Å². The number of anilines is 1. The zero-order valence-corrected chi connectivity index (χ0v) is 22.9. The number of carbonyl (C=O) groups excluding carboxylic acids is 2. The Labute approximate surface area is 219 Å². The van der Waals surface area contributed by atoms with Crippen LogP contribution in [0.1, 0.15) is 45.6 Å². The van der Waals surface area contributed by atoms with Crippen LogP contribution >= 0.6 is 11.6 Å². The van der Waals surface area contributed by atoms with Crippen LogP contribution in [0.5, 0.6) is 5.75 Å². The zero-order valence-electron chi connectivity index (χ0n) is 21.4. The van der Waals surface area contributed by atoms with E-state index in [0.717, 1.165) is 18.2 Å². The van der Waals surface area contributed by atoms with Crippen LogP contribution in [0.15, 0.2) is 48.5 Å². The van der Waals surface area contributed by atoms with E-state index < -0.39 is 16.1 Å². The van der Waals surface area contributed by atoms with Crippen molar-refractivity contribution >= 4 is 39.1 Å². The Bertz CT molecular complexity index is 1110. The third-order valence-electron chi connectivity index (χ3n) is 5.57. The van der Waals surface area contributed by atoms with E-state index in [1.165, 1.54) is 9.21 Å². The van der Waals surface area contributed by atoms with Crippen molar-refractivity contribution in [3.05, 3.63) is 59.1 Å². The lowest BCUT2D eigenvalue weighted by Crippen LogP contribution is -2.47. The standard InChI is InChI=1S/C26H36ClN3O5S/c1-5-17-28-26(32)20(3)29(19-21-13-15-22(27)16-14-21)25(31)12-9-18-30(36(4,33)34)23-10-7-8-11-24(23)35-6-2/h7-8,10-11,13-16,20H,5-6,9,12,17-19H2,1-4H3,(H,28,32). The SMILES string of the molecule is CCCNC(=O)C(C)N(Cc1ccc(Cl)cc1)C(=O)CCCN(c1ccccc1OCC)S(C)(=O)=O. The molecular formula is C26H36ClN3O5S. The van der Waals surface area contributed by atoms with Gasteiger partial charge < -0.3 is 15.0 Å². The van der Waals surface area contributed by atoms with Crippen molar-refractivity contribution < 1.29 is 22.7 Å². The highest BCUT2D eigenvalue weighted by atomic mass is 35.5. The quantitative estimate of drug-likeness (QED) is 0.389. The molecule has 0 radical (unpaired) electrons. The molecule has 1 N–H and O–H groups in total. The van der Waals surface area contributed by atoms with Gasteiger partial charge in [-0.05, 0) is 56.5 Å². The van der Waals surface area contributed by atoms with Gasteiger partial charge in [-0.3, -0.25) is 13.9 Å². The summed E-state index contributed by atoms with van der Waals surface area (Å²) >= 11 is 5.99. The molecule has 1 atom stereocenters. The van der Waals surface area contributed by atoms with E-state index in [-0.39, 0.29) is 37.7 Å². The lowest BCUT2D eigenvalue weighted by atomic mass is 10.1. The van der Waals surface area contributed by atoms with E-state index >= 15 is 0 Å². The minimum Gasteiger partial charge on any atom is -0.492 e. The van der Waals surface area contributed by atoms with Crippen LogP contribution in [0.4, 0.5) is 5.69 Å². The second-order valence-electron chi connectivity index (χ2n) is 8.45. The van der Waals surface area contributed by atoms with Crippen molar-refractivity contribution in [2.75, 3.05) is 30.3 Å². The third kappa shape index (κ3) is 8.71. The summed E-state index contributed by atoms with van der Waals surface area (Å²) in [4.78, 5) is 27.5. The molecule has 0 heterocycles. The Morgan fingerprint density at radius 1 is 1.08 bits per heavy atom. The largest absolute Gasteiger partial charge is 0.492 e. The molecule has 1 unspecified atom stereocenters. The van der Waals surface area contributed by atoms with Crippen LogP contribution in [-0.4, -0.2) is 57.1 Å². The van der Waals surface area contributed by atoms with Crippen LogP contribution in [0, 0.1) is 0 Å². The van der Waals surface area contributed by atoms with Crippen LogP contribution in [0.3, 0.4) is 0 Å². The van der Waals surface area contributed by atoms with Crippen LogP contribution in [0.2, 0.25) is 5.02 Å². The van der Waals surface area contributed by atoms with Crippen LogP contribution in [0.25, 0.3) is 0 Å². The number of benzene rings is 2. The van der Waals surface area contributed by atoms with Gasteiger partial charge in [-0.25, -0.2) is 8.42 Å². The average molecular weight is 538 g/mol. The summed E-state index contributed by atoms with van der Waals surface area (Å²) in [6.07, 6.45) is 2.26. The second-order valence-corrected chi connectivity index (χ2v) is 10.8. The molecule has 0 spiro atoms. The van der Waals surface area contributed by atoms with Gasteiger partial charge in [0.2, 0.25) is 21.8 Å². The molecule has 2 aromatic rings. The lowest BCUT2D eigenvalue weighted by molar-refractivity contribution is -0.140. The zero-order chi connectivity index (χ0) is 26.7. The summed E-state index contributed by atoms with van der Waals surface area (Å²) in [5.41, 5.74) is 1.27. The van der Waals surface area contributed by atoms with E-state index in [0.29, 0.717) is 29.6 Å². The average Bonchev–Trinajstić information content (AvgIpc) is 2.84. The number of amides is 2. The fourth-order valence-electron chi connectivity index (χ4n) is 3.69. The molecule has 2 aromatic carbocycles. The lowest BCUT2D eigenvalue weighted by Gasteiger charge is -2.29. The van der Waals surface area contributed by atoms with Gasteiger partial charge in [0.05, 0.1) is 18.6 Å². The number of sulfonamides is 1. The Kier molecular flexibility index (Phi) is 11.5. The van der Waals surface area contributed by atoms with Crippen molar-refractivity contribution in [3.8, 4) is 5.75 Å². The first-order valence-corrected chi connectivity index (χ1v) is 14.3. The molecule has 0 saturated carbocycles. The molecule has 0 saturated heterocycles. The predicted octanol–water partition coefficient (Wildman–Crippen LogP) is 4.23. The van der Waals surface area contributed by atoms with Crippen molar-refractivity contribution in [2.45, 2.75) is 52.6 Å². The predicted molar refractivity (Wildman–Crippen MR) is 144 cm³/mol. The number of carbonyl (C=O) groups is 2. The molecule has 0 aliphatic rings. The molecule has 198 valence electrons. The molecule has 2 rings (SSSR count). The van der Waals surface area contributed by atoms with E-state index in [2.05, 4.69) is 5.32 Å². The maximum Gasteiger partial charge on any atom is 0.242 e. The minimum absolute atomic E-state index is 0.0712. The van der Waals surface area contributed by atoms with E-state index in [1.54, 1.807) is 43.3 Å². The second kappa shape index (κ2) is 14.1. The fourth-order valence-corrected chi connectivity index (χ4v) is 4.78. The Hall–Kier alpha value is -2.78. The molecule has 0 aliphatic heterocycles. The first kappa shape index (κ1) is 29.5.